The van der Waals surface area contributed by atoms with Crippen LogP contribution in [0.5, 0.6) is 0 Å². The van der Waals surface area contributed by atoms with Gasteiger partial charge in [0.25, 0.3) is 5.91 Å². The van der Waals surface area contributed by atoms with Crippen molar-refractivity contribution >= 4 is 17.2 Å². The Hall–Kier alpha value is -0.870. The number of aliphatic hydroxyl groups excluding tert-OH is 1. The Morgan fingerprint density at radius 2 is 2.33 bits per heavy atom. The van der Waals surface area contributed by atoms with E-state index in [0.29, 0.717) is 6.42 Å². The molecule has 0 bridgehead atoms. The van der Waals surface area contributed by atoms with E-state index in [9.17, 15) is 4.79 Å². The first kappa shape index (κ1) is 12.2. The van der Waals surface area contributed by atoms with Crippen molar-refractivity contribution in [2.24, 2.45) is 0 Å². The number of carbonyl (C=O) groups excluding carboxylic acids is 1. The lowest BCUT2D eigenvalue weighted by Crippen LogP contribution is -2.34. The fourth-order valence-electron chi connectivity index (χ4n) is 1.35. The third kappa shape index (κ3) is 3.64. The van der Waals surface area contributed by atoms with Crippen LogP contribution in [-0.2, 0) is 0 Å². The number of aryl methyl sites for hydroxylation is 1. The number of thiophene rings is 1. The van der Waals surface area contributed by atoms with Gasteiger partial charge >= 0.3 is 0 Å². The number of nitrogens with one attached hydrogen (secondary N) is 1. The molecule has 0 aliphatic rings. The zero-order valence-electron chi connectivity index (χ0n) is 9.12. The van der Waals surface area contributed by atoms with E-state index in [0.717, 1.165) is 16.2 Å². The lowest BCUT2D eigenvalue weighted by molar-refractivity contribution is 0.0933. The summed E-state index contributed by atoms with van der Waals surface area (Å²) in [7, 11) is 0. The van der Waals surface area contributed by atoms with E-state index in [1.165, 1.54) is 11.3 Å². The first-order valence-electron chi connectivity index (χ1n) is 5.15. The summed E-state index contributed by atoms with van der Waals surface area (Å²) < 4.78 is 0. The number of hydrogen-bond donors (Lipinski definition) is 2. The molecule has 0 spiro atoms. The molecule has 0 saturated carbocycles. The van der Waals surface area contributed by atoms with E-state index in [4.69, 9.17) is 5.11 Å². The van der Waals surface area contributed by atoms with Crippen LogP contribution in [0, 0.1) is 6.92 Å². The van der Waals surface area contributed by atoms with Gasteiger partial charge in [0.1, 0.15) is 0 Å². The molecule has 0 saturated heterocycles. The molecule has 0 aliphatic heterocycles. The van der Waals surface area contributed by atoms with E-state index >= 15 is 0 Å². The second-order valence-electron chi connectivity index (χ2n) is 3.50. The minimum Gasteiger partial charge on any atom is -0.396 e. The number of aliphatic hydroxyl groups is 1. The van der Waals surface area contributed by atoms with Crippen molar-refractivity contribution < 1.29 is 9.90 Å². The molecule has 1 amide bonds. The number of amides is 1. The Morgan fingerprint density at radius 3 is 2.80 bits per heavy atom. The standard InChI is InChI=1S/C11H17NO2S/c1-3-9(6-7-13)12-11(14)10-5-4-8(2)15-10/h4-5,9,13H,3,6-7H2,1-2H3,(H,12,14). The monoisotopic (exact) mass is 227 g/mol. The maximum Gasteiger partial charge on any atom is 0.261 e. The van der Waals surface area contributed by atoms with Crippen LogP contribution in [0.25, 0.3) is 0 Å². The van der Waals surface area contributed by atoms with Gasteiger partial charge in [-0.05, 0) is 31.9 Å². The second kappa shape index (κ2) is 5.88. The molecular formula is C11H17NO2S. The normalized spacial score (nSPS) is 12.5. The highest BCUT2D eigenvalue weighted by molar-refractivity contribution is 7.13. The molecule has 3 nitrogen and oxygen atoms in total. The summed E-state index contributed by atoms with van der Waals surface area (Å²) in [6.45, 7) is 4.09. The highest BCUT2D eigenvalue weighted by atomic mass is 32.1. The van der Waals surface area contributed by atoms with Gasteiger partial charge in [-0.15, -0.1) is 11.3 Å². The zero-order chi connectivity index (χ0) is 11.3. The smallest absolute Gasteiger partial charge is 0.261 e. The van der Waals surface area contributed by atoms with Gasteiger partial charge in [-0.2, -0.15) is 0 Å². The molecular weight excluding hydrogens is 210 g/mol. The predicted molar refractivity (Wildman–Crippen MR) is 62.3 cm³/mol. The molecule has 0 fully saturated rings. The first-order valence-corrected chi connectivity index (χ1v) is 5.97. The second-order valence-corrected chi connectivity index (χ2v) is 4.79. The third-order valence-electron chi connectivity index (χ3n) is 2.27. The number of rotatable bonds is 5. The van der Waals surface area contributed by atoms with Gasteiger partial charge in [0, 0.05) is 17.5 Å². The molecule has 1 heterocycles. The minimum absolute atomic E-state index is 0.0339. The minimum atomic E-state index is -0.0339. The van der Waals surface area contributed by atoms with Crippen molar-refractivity contribution in [2.75, 3.05) is 6.61 Å². The van der Waals surface area contributed by atoms with E-state index in [1.807, 2.05) is 26.0 Å². The summed E-state index contributed by atoms with van der Waals surface area (Å²) in [6.07, 6.45) is 1.46. The Labute approximate surface area is 94.1 Å². The summed E-state index contributed by atoms with van der Waals surface area (Å²) in [6, 6.07) is 3.85. The van der Waals surface area contributed by atoms with Crippen LogP contribution in [0.15, 0.2) is 12.1 Å². The van der Waals surface area contributed by atoms with Crippen LogP contribution < -0.4 is 5.32 Å². The molecule has 4 heteroatoms. The van der Waals surface area contributed by atoms with Gasteiger partial charge in [0.05, 0.1) is 4.88 Å². The molecule has 2 N–H and O–H groups in total. The van der Waals surface area contributed by atoms with E-state index in [1.54, 1.807) is 0 Å². The lowest BCUT2D eigenvalue weighted by Gasteiger charge is -2.14. The average Bonchev–Trinajstić information content (AvgIpc) is 2.64. The maximum absolute atomic E-state index is 11.7. The third-order valence-corrected chi connectivity index (χ3v) is 3.27. The van der Waals surface area contributed by atoms with Crippen LogP contribution in [0.2, 0.25) is 0 Å². The van der Waals surface area contributed by atoms with Crippen molar-refractivity contribution in [3.63, 3.8) is 0 Å². The lowest BCUT2D eigenvalue weighted by atomic mass is 10.1. The molecule has 0 aliphatic carbocycles. The van der Waals surface area contributed by atoms with Gasteiger partial charge in [0.15, 0.2) is 0 Å². The zero-order valence-corrected chi connectivity index (χ0v) is 9.93. The maximum atomic E-state index is 11.7. The van der Waals surface area contributed by atoms with E-state index in [-0.39, 0.29) is 18.6 Å². The van der Waals surface area contributed by atoms with Gasteiger partial charge in [-0.25, -0.2) is 0 Å². The first-order chi connectivity index (χ1) is 7.17. The van der Waals surface area contributed by atoms with Crippen molar-refractivity contribution in [3.05, 3.63) is 21.9 Å². The van der Waals surface area contributed by atoms with Crippen LogP contribution >= 0.6 is 11.3 Å². The topological polar surface area (TPSA) is 49.3 Å². The highest BCUT2D eigenvalue weighted by Gasteiger charge is 2.12. The summed E-state index contributed by atoms with van der Waals surface area (Å²) in [4.78, 5) is 13.6. The van der Waals surface area contributed by atoms with Gasteiger partial charge in [-0.1, -0.05) is 6.92 Å². The molecule has 1 aromatic rings. The van der Waals surface area contributed by atoms with Crippen molar-refractivity contribution in [2.45, 2.75) is 32.7 Å². The molecule has 1 atom stereocenters. The SMILES string of the molecule is CCC(CCO)NC(=O)c1ccc(C)s1. The number of carbonyl (C=O) groups is 1. The molecule has 1 unspecified atom stereocenters. The Bertz CT molecular complexity index is 322. The van der Waals surface area contributed by atoms with Crippen LogP contribution in [-0.4, -0.2) is 23.7 Å². The molecule has 84 valence electrons. The Balaban J connectivity index is 2.54. The molecule has 1 rings (SSSR count). The Kier molecular flexibility index (Phi) is 4.78. The predicted octanol–water partition coefficient (Wildman–Crippen LogP) is 1.95. The summed E-state index contributed by atoms with van der Waals surface area (Å²) in [5.74, 6) is -0.0339. The fraction of sp³-hybridized carbons (Fsp3) is 0.545. The number of hydrogen-bond acceptors (Lipinski definition) is 3. The van der Waals surface area contributed by atoms with Crippen molar-refractivity contribution in [1.29, 1.82) is 0 Å². The van der Waals surface area contributed by atoms with Crippen molar-refractivity contribution in [1.82, 2.24) is 5.32 Å². The average molecular weight is 227 g/mol. The van der Waals surface area contributed by atoms with E-state index < -0.39 is 0 Å². The van der Waals surface area contributed by atoms with Gasteiger partial charge in [0.2, 0.25) is 0 Å². The summed E-state index contributed by atoms with van der Waals surface area (Å²) in [5, 5.41) is 11.7. The summed E-state index contributed by atoms with van der Waals surface area (Å²) in [5.41, 5.74) is 0. The molecule has 0 aromatic carbocycles. The quantitative estimate of drug-likeness (QED) is 0.807. The molecule has 15 heavy (non-hydrogen) atoms. The highest BCUT2D eigenvalue weighted by Crippen LogP contribution is 2.15. The molecule has 0 radical (unpaired) electrons. The van der Waals surface area contributed by atoms with Crippen LogP contribution in [0.4, 0.5) is 0 Å². The fourth-order valence-corrected chi connectivity index (χ4v) is 2.12. The van der Waals surface area contributed by atoms with Crippen LogP contribution in [0.3, 0.4) is 0 Å². The summed E-state index contributed by atoms with van der Waals surface area (Å²) >= 11 is 1.49. The van der Waals surface area contributed by atoms with Gasteiger partial charge < -0.3 is 10.4 Å². The van der Waals surface area contributed by atoms with Crippen LogP contribution in [0.1, 0.15) is 34.3 Å². The van der Waals surface area contributed by atoms with E-state index in [2.05, 4.69) is 5.32 Å². The molecule has 1 aromatic heterocycles. The largest absolute Gasteiger partial charge is 0.396 e. The van der Waals surface area contributed by atoms with Gasteiger partial charge in [-0.3, -0.25) is 4.79 Å². The van der Waals surface area contributed by atoms with Crippen molar-refractivity contribution in [3.8, 4) is 0 Å². The Morgan fingerprint density at radius 1 is 1.60 bits per heavy atom.